The van der Waals surface area contributed by atoms with E-state index in [1.165, 1.54) is 41.5 Å². The number of nitrogens with zero attached hydrogens (tertiary/aromatic N) is 2. The minimum atomic E-state index is 0. The van der Waals surface area contributed by atoms with E-state index in [2.05, 4.69) is 52.1 Å². The Balaban J connectivity index is 0.00000182. The molecule has 1 aromatic carbocycles. The summed E-state index contributed by atoms with van der Waals surface area (Å²) < 4.78 is 1.34. The second-order valence-corrected chi connectivity index (χ2v) is 7.72. The molecule has 0 amide bonds. The Morgan fingerprint density at radius 2 is 2.12 bits per heavy atom. The molecule has 6 heteroatoms. The van der Waals surface area contributed by atoms with E-state index in [-0.39, 0.29) is 24.0 Å². The first kappa shape index (κ1) is 18.9. The zero-order valence-electron chi connectivity index (χ0n) is 14.7. The summed E-state index contributed by atoms with van der Waals surface area (Å²) in [6, 6.07) is 9.99. The molecular weight excluding hydrogens is 443 g/mol. The molecule has 1 unspecified atom stereocenters. The van der Waals surface area contributed by atoms with Crippen LogP contribution in [0.3, 0.4) is 0 Å². The lowest BCUT2D eigenvalue weighted by Crippen LogP contribution is -2.44. The molecule has 2 N–H and O–H groups in total. The van der Waals surface area contributed by atoms with Crippen LogP contribution < -0.4 is 10.6 Å². The van der Waals surface area contributed by atoms with E-state index in [1.807, 2.05) is 0 Å². The molecule has 2 aliphatic rings. The number of thiophene rings is 1. The van der Waals surface area contributed by atoms with Crippen molar-refractivity contribution in [3.8, 4) is 0 Å². The minimum Gasteiger partial charge on any atom is -0.357 e. The average molecular weight is 470 g/mol. The number of benzene rings is 1. The zero-order valence-corrected chi connectivity index (χ0v) is 17.8. The highest BCUT2D eigenvalue weighted by Gasteiger charge is 2.34. The molecular formula is C19H27IN4S. The molecule has 4 nitrogen and oxygen atoms in total. The topological polar surface area (TPSA) is 39.7 Å². The van der Waals surface area contributed by atoms with Gasteiger partial charge < -0.3 is 10.6 Å². The molecule has 25 heavy (non-hydrogen) atoms. The van der Waals surface area contributed by atoms with E-state index in [9.17, 15) is 0 Å². The standard InChI is InChI=1S/C19H26N4S.HI/c1-2-20-19(22-15-9-10-23(12-15)16-7-8-16)21-11-14-13-24-18-6-4-3-5-17(14)18;/h3-6,13,15-16H,2,7-12H2,1H3,(H2,20,21,22);1H. The van der Waals surface area contributed by atoms with E-state index in [4.69, 9.17) is 4.99 Å². The second kappa shape index (κ2) is 8.68. The summed E-state index contributed by atoms with van der Waals surface area (Å²) in [5.41, 5.74) is 1.32. The largest absolute Gasteiger partial charge is 0.357 e. The van der Waals surface area contributed by atoms with Crippen LogP contribution in [0.25, 0.3) is 10.1 Å². The quantitative estimate of drug-likeness (QED) is 0.397. The van der Waals surface area contributed by atoms with Gasteiger partial charge in [-0.2, -0.15) is 0 Å². The summed E-state index contributed by atoms with van der Waals surface area (Å²) in [4.78, 5) is 7.47. The van der Waals surface area contributed by atoms with E-state index >= 15 is 0 Å². The van der Waals surface area contributed by atoms with E-state index in [1.54, 1.807) is 11.3 Å². The van der Waals surface area contributed by atoms with Crippen molar-refractivity contribution in [2.75, 3.05) is 19.6 Å². The van der Waals surface area contributed by atoms with Crippen LogP contribution in [0.2, 0.25) is 0 Å². The summed E-state index contributed by atoms with van der Waals surface area (Å²) in [5, 5.41) is 10.6. The molecule has 0 spiro atoms. The molecule has 0 radical (unpaired) electrons. The molecule has 4 rings (SSSR count). The molecule has 1 aliphatic carbocycles. The number of aliphatic imine (C=N–C) groups is 1. The Labute approximate surface area is 171 Å². The lowest BCUT2D eigenvalue weighted by atomic mass is 10.2. The minimum absolute atomic E-state index is 0. The van der Waals surface area contributed by atoms with Crippen molar-refractivity contribution in [3.63, 3.8) is 0 Å². The number of likely N-dealkylation sites (tertiary alicyclic amines) is 1. The van der Waals surface area contributed by atoms with Gasteiger partial charge in [-0.15, -0.1) is 35.3 Å². The molecule has 1 aromatic heterocycles. The highest BCUT2D eigenvalue weighted by Crippen LogP contribution is 2.30. The fraction of sp³-hybridized carbons (Fsp3) is 0.526. The molecule has 1 aliphatic heterocycles. The van der Waals surface area contributed by atoms with E-state index in [0.29, 0.717) is 6.04 Å². The van der Waals surface area contributed by atoms with Crippen LogP contribution in [0.1, 0.15) is 31.7 Å². The van der Waals surface area contributed by atoms with Gasteiger partial charge in [0.05, 0.1) is 6.54 Å². The summed E-state index contributed by atoms with van der Waals surface area (Å²) in [6.07, 6.45) is 4.01. The van der Waals surface area contributed by atoms with Crippen molar-refractivity contribution in [3.05, 3.63) is 35.2 Å². The summed E-state index contributed by atoms with van der Waals surface area (Å²) in [7, 11) is 0. The van der Waals surface area contributed by atoms with Crippen molar-refractivity contribution in [2.45, 2.75) is 44.8 Å². The van der Waals surface area contributed by atoms with Crippen molar-refractivity contribution in [2.24, 2.45) is 4.99 Å². The Hall–Kier alpha value is -0.860. The van der Waals surface area contributed by atoms with Crippen LogP contribution in [0.5, 0.6) is 0 Å². The number of fused-ring (bicyclic) bond motifs is 1. The van der Waals surface area contributed by atoms with Crippen LogP contribution in [-0.2, 0) is 6.54 Å². The van der Waals surface area contributed by atoms with Crippen molar-refractivity contribution >= 4 is 51.4 Å². The molecule has 136 valence electrons. The van der Waals surface area contributed by atoms with E-state index < -0.39 is 0 Å². The summed E-state index contributed by atoms with van der Waals surface area (Å²) >= 11 is 1.81. The molecule has 0 bridgehead atoms. The predicted molar refractivity (Wildman–Crippen MR) is 118 cm³/mol. The Bertz CT molecular complexity index is 725. The Morgan fingerprint density at radius 1 is 1.28 bits per heavy atom. The molecule has 2 fully saturated rings. The van der Waals surface area contributed by atoms with Gasteiger partial charge in [0.2, 0.25) is 0 Å². The number of halogens is 1. The second-order valence-electron chi connectivity index (χ2n) is 6.81. The predicted octanol–water partition coefficient (Wildman–Crippen LogP) is 3.81. The number of rotatable bonds is 5. The maximum atomic E-state index is 4.84. The molecule has 1 atom stereocenters. The first-order valence-electron chi connectivity index (χ1n) is 9.07. The smallest absolute Gasteiger partial charge is 0.191 e. The lowest BCUT2D eigenvalue weighted by molar-refractivity contribution is 0.321. The third-order valence-electron chi connectivity index (χ3n) is 4.94. The fourth-order valence-corrected chi connectivity index (χ4v) is 4.46. The van der Waals surface area contributed by atoms with Crippen LogP contribution in [-0.4, -0.2) is 42.6 Å². The van der Waals surface area contributed by atoms with Gasteiger partial charge in [0.1, 0.15) is 0 Å². The van der Waals surface area contributed by atoms with Gasteiger partial charge in [0, 0.05) is 36.4 Å². The highest BCUT2D eigenvalue weighted by molar-refractivity contribution is 14.0. The van der Waals surface area contributed by atoms with Gasteiger partial charge in [-0.3, -0.25) is 4.90 Å². The molecule has 1 saturated heterocycles. The van der Waals surface area contributed by atoms with Gasteiger partial charge >= 0.3 is 0 Å². The van der Waals surface area contributed by atoms with Gasteiger partial charge in [0.25, 0.3) is 0 Å². The Morgan fingerprint density at radius 3 is 2.92 bits per heavy atom. The van der Waals surface area contributed by atoms with Crippen LogP contribution in [0.15, 0.2) is 34.6 Å². The normalized spacial score (nSPS) is 21.3. The molecule has 2 aromatic rings. The third kappa shape index (κ3) is 4.65. The SMILES string of the molecule is CCNC(=NCc1csc2ccccc12)NC1CCN(C2CC2)C1.I. The zero-order chi connectivity index (χ0) is 16.4. The van der Waals surface area contributed by atoms with Crippen molar-refractivity contribution in [1.29, 1.82) is 0 Å². The van der Waals surface area contributed by atoms with E-state index in [0.717, 1.165) is 31.6 Å². The first-order valence-corrected chi connectivity index (χ1v) is 9.95. The molecule has 1 saturated carbocycles. The van der Waals surface area contributed by atoms with Crippen molar-refractivity contribution in [1.82, 2.24) is 15.5 Å². The number of guanidine groups is 1. The monoisotopic (exact) mass is 470 g/mol. The summed E-state index contributed by atoms with van der Waals surface area (Å²) in [5.74, 6) is 0.954. The van der Waals surface area contributed by atoms with Gasteiger partial charge in [-0.25, -0.2) is 4.99 Å². The number of nitrogens with one attached hydrogen (secondary N) is 2. The van der Waals surface area contributed by atoms with Gasteiger partial charge in [-0.1, -0.05) is 18.2 Å². The van der Waals surface area contributed by atoms with Crippen molar-refractivity contribution < 1.29 is 0 Å². The van der Waals surface area contributed by atoms with Crippen LogP contribution in [0, 0.1) is 0 Å². The maximum absolute atomic E-state index is 4.84. The Kier molecular flexibility index (Phi) is 6.57. The fourth-order valence-electron chi connectivity index (χ4n) is 3.51. The van der Waals surface area contributed by atoms with Crippen LogP contribution >= 0.6 is 35.3 Å². The maximum Gasteiger partial charge on any atom is 0.191 e. The number of hydrogen-bond donors (Lipinski definition) is 2. The van der Waals surface area contributed by atoms with Gasteiger partial charge in [-0.05, 0) is 48.6 Å². The third-order valence-corrected chi connectivity index (χ3v) is 5.95. The van der Waals surface area contributed by atoms with Gasteiger partial charge in [0.15, 0.2) is 5.96 Å². The highest BCUT2D eigenvalue weighted by atomic mass is 127. The average Bonchev–Trinajstić information content (AvgIpc) is 3.21. The van der Waals surface area contributed by atoms with Crippen LogP contribution in [0.4, 0.5) is 0 Å². The molecule has 2 heterocycles. The number of hydrogen-bond acceptors (Lipinski definition) is 3. The summed E-state index contributed by atoms with van der Waals surface area (Å²) in [6.45, 7) is 6.16. The first-order chi connectivity index (χ1) is 11.8. The lowest BCUT2D eigenvalue weighted by Gasteiger charge is -2.18.